The molecule has 1 aromatic carbocycles. The molecule has 1 atom stereocenters. The fraction of sp³-hybridized carbons (Fsp3) is 0.364. The molecule has 1 unspecified atom stereocenters. The van der Waals surface area contributed by atoms with Crippen LogP contribution in [0.15, 0.2) is 30.3 Å². The highest BCUT2D eigenvalue weighted by molar-refractivity contribution is 5.75. The van der Waals surface area contributed by atoms with Gasteiger partial charge in [-0.3, -0.25) is 5.01 Å². The second kappa shape index (κ2) is 3.81. The highest BCUT2D eigenvalue weighted by Gasteiger charge is 2.29. The smallest absolute Gasteiger partial charge is 0.333 e. The van der Waals surface area contributed by atoms with Crippen molar-refractivity contribution in [1.82, 2.24) is 5.01 Å². The van der Waals surface area contributed by atoms with Gasteiger partial charge in [0, 0.05) is 13.1 Å². The zero-order valence-corrected chi connectivity index (χ0v) is 8.76. The summed E-state index contributed by atoms with van der Waals surface area (Å²) in [5.41, 5.74) is 6.35. The molecule has 0 bridgehead atoms. The van der Waals surface area contributed by atoms with Gasteiger partial charge in [-0.2, -0.15) is 0 Å². The van der Waals surface area contributed by atoms with E-state index in [1.165, 1.54) is 0 Å². The maximum absolute atomic E-state index is 11.2. The number of anilines is 1. The van der Waals surface area contributed by atoms with E-state index in [1.54, 1.807) is 5.01 Å². The number of carbonyl (C=O) groups is 1. The molecule has 15 heavy (non-hydrogen) atoms. The molecule has 0 spiro atoms. The van der Waals surface area contributed by atoms with Gasteiger partial charge < -0.3 is 5.73 Å². The van der Waals surface area contributed by atoms with E-state index in [4.69, 9.17) is 5.73 Å². The van der Waals surface area contributed by atoms with Gasteiger partial charge in [0.2, 0.25) is 0 Å². The predicted molar refractivity (Wildman–Crippen MR) is 59.2 cm³/mol. The Balaban J connectivity index is 2.24. The largest absolute Gasteiger partial charge is 0.350 e. The lowest BCUT2D eigenvalue weighted by atomic mass is 10.2. The first-order valence-corrected chi connectivity index (χ1v) is 5.08. The molecule has 0 saturated carbocycles. The normalized spacial score (nSPS) is 20.7. The van der Waals surface area contributed by atoms with Gasteiger partial charge in [0.15, 0.2) is 0 Å². The Bertz CT molecular complexity index is 352. The monoisotopic (exact) mass is 205 g/mol. The molecule has 0 aromatic heterocycles. The molecule has 2 amide bonds. The van der Waals surface area contributed by atoms with Gasteiger partial charge in [0.25, 0.3) is 0 Å². The summed E-state index contributed by atoms with van der Waals surface area (Å²) < 4.78 is 0. The number of hydrogen-bond acceptors (Lipinski definition) is 2. The molecule has 2 N–H and O–H groups in total. The number of primary amides is 1. The summed E-state index contributed by atoms with van der Waals surface area (Å²) in [7, 11) is 0. The number of nitrogens with zero attached hydrogens (tertiary/aromatic N) is 2. The lowest BCUT2D eigenvalue weighted by Crippen LogP contribution is -2.44. The topological polar surface area (TPSA) is 49.6 Å². The Hall–Kier alpha value is -1.71. The van der Waals surface area contributed by atoms with Crippen molar-refractivity contribution < 1.29 is 4.79 Å². The molecule has 4 heteroatoms. The molecule has 1 fully saturated rings. The number of hydrazine groups is 1. The molecule has 0 aliphatic carbocycles. The summed E-state index contributed by atoms with van der Waals surface area (Å²) in [5.74, 6) is 0.456. The van der Waals surface area contributed by atoms with Crippen molar-refractivity contribution in [2.75, 3.05) is 18.1 Å². The summed E-state index contributed by atoms with van der Waals surface area (Å²) in [5, 5.41) is 3.53. The van der Waals surface area contributed by atoms with Crippen molar-refractivity contribution in [2.45, 2.75) is 6.92 Å². The van der Waals surface area contributed by atoms with Gasteiger partial charge in [0.05, 0.1) is 5.69 Å². The third-order valence-corrected chi connectivity index (χ3v) is 2.57. The van der Waals surface area contributed by atoms with E-state index >= 15 is 0 Å². The van der Waals surface area contributed by atoms with Crippen molar-refractivity contribution >= 4 is 11.7 Å². The van der Waals surface area contributed by atoms with Crippen LogP contribution in [-0.2, 0) is 0 Å². The molecule has 2 rings (SSSR count). The minimum absolute atomic E-state index is 0.386. The Morgan fingerprint density at radius 1 is 1.33 bits per heavy atom. The number of benzene rings is 1. The Labute approximate surface area is 89.2 Å². The fourth-order valence-corrected chi connectivity index (χ4v) is 1.90. The maximum atomic E-state index is 11.2. The number of urea groups is 1. The molecule has 1 aliphatic heterocycles. The molecule has 1 aliphatic rings. The highest BCUT2D eigenvalue weighted by Crippen LogP contribution is 2.23. The van der Waals surface area contributed by atoms with E-state index in [2.05, 4.69) is 6.92 Å². The van der Waals surface area contributed by atoms with Crippen molar-refractivity contribution in [3.05, 3.63) is 30.3 Å². The number of amides is 2. The van der Waals surface area contributed by atoms with Crippen LogP contribution in [0.5, 0.6) is 0 Å². The minimum Gasteiger partial charge on any atom is -0.350 e. The Morgan fingerprint density at radius 2 is 2.00 bits per heavy atom. The minimum atomic E-state index is -0.386. The van der Waals surface area contributed by atoms with Gasteiger partial charge >= 0.3 is 6.03 Å². The van der Waals surface area contributed by atoms with Gasteiger partial charge in [-0.05, 0) is 18.1 Å². The van der Waals surface area contributed by atoms with Gasteiger partial charge in [0.1, 0.15) is 0 Å². The fourth-order valence-electron chi connectivity index (χ4n) is 1.90. The van der Waals surface area contributed by atoms with Gasteiger partial charge in [-0.25, -0.2) is 9.80 Å². The Kier molecular flexibility index (Phi) is 2.49. The van der Waals surface area contributed by atoms with Crippen LogP contribution in [0.1, 0.15) is 6.92 Å². The van der Waals surface area contributed by atoms with Crippen LogP contribution in [-0.4, -0.2) is 24.1 Å². The standard InChI is InChI=1S/C11H15N3O/c1-9-7-13(14(8-9)11(12)15)10-5-3-2-4-6-10/h2-6,9H,7-8H2,1H3,(H2,12,15). The number of carbonyl (C=O) groups excluding carboxylic acids is 1. The van der Waals surface area contributed by atoms with E-state index in [9.17, 15) is 4.79 Å². The first-order chi connectivity index (χ1) is 7.18. The second-order valence-corrected chi connectivity index (χ2v) is 3.94. The number of rotatable bonds is 1. The van der Waals surface area contributed by atoms with Gasteiger partial charge in [-0.15, -0.1) is 0 Å². The summed E-state index contributed by atoms with van der Waals surface area (Å²) in [6.07, 6.45) is 0. The SMILES string of the molecule is CC1CN(C(N)=O)N(c2ccccc2)C1. The van der Waals surface area contributed by atoms with Crippen molar-refractivity contribution in [1.29, 1.82) is 0 Å². The molecule has 1 heterocycles. The molecule has 0 radical (unpaired) electrons. The lowest BCUT2D eigenvalue weighted by molar-refractivity contribution is 0.212. The number of para-hydroxylation sites is 1. The van der Waals surface area contributed by atoms with E-state index < -0.39 is 0 Å². The van der Waals surface area contributed by atoms with E-state index in [0.29, 0.717) is 12.5 Å². The average molecular weight is 205 g/mol. The Morgan fingerprint density at radius 3 is 2.60 bits per heavy atom. The second-order valence-electron chi connectivity index (χ2n) is 3.94. The average Bonchev–Trinajstić information content (AvgIpc) is 2.62. The molecule has 1 saturated heterocycles. The third-order valence-electron chi connectivity index (χ3n) is 2.57. The van der Waals surface area contributed by atoms with Crippen molar-refractivity contribution in [2.24, 2.45) is 11.7 Å². The first kappa shape index (κ1) is 9.83. The van der Waals surface area contributed by atoms with Crippen LogP contribution in [0.3, 0.4) is 0 Å². The van der Waals surface area contributed by atoms with E-state index in [-0.39, 0.29) is 6.03 Å². The van der Waals surface area contributed by atoms with Crippen LogP contribution in [0, 0.1) is 5.92 Å². The van der Waals surface area contributed by atoms with E-state index in [1.807, 2.05) is 35.3 Å². The zero-order chi connectivity index (χ0) is 10.8. The molecular weight excluding hydrogens is 190 g/mol. The van der Waals surface area contributed by atoms with Crippen LogP contribution < -0.4 is 10.7 Å². The summed E-state index contributed by atoms with van der Waals surface area (Å²) in [6, 6.07) is 9.44. The summed E-state index contributed by atoms with van der Waals surface area (Å²) in [6.45, 7) is 3.65. The predicted octanol–water partition coefficient (Wildman–Crippen LogP) is 1.44. The quantitative estimate of drug-likeness (QED) is 0.754. The highest BCUT2D eigenvalue weighted by atomic mass is 16.2. The van der Waals surface area contributed by atoms with E-state index in [0.717, 1.165) is 12.2 Å². The van der Waals surface area contributed by atoms with Gasteiger partial charge in [-0.1, -0.05) is 25.1 Å². The molecule has 1 aromatic rings. The molecule has 4 nitrogen and oxygen atoms in total. The van der Waals surface area contributed by atoms with Crippen LogP contribution in [0.4, 0.5) is 10.5 Å². The summed E-state index contributed by atoms with van der Waals surface area (Å²) in [4.78, 5) is 11.2. The van der Waals surface area contributed by atoms with Crippen LogP contribution in [0.25, 0.3) is 0 Å². The van der Waals surface area contributed by atoms with Crippen molar-refractivity contribution in [3.63, 3.8) is 0 Å². The lowest BCUT2D eigenvalue weighted by Gasteiger charge is -2.27. The van der Waals surface area contributed by atoms with Crippen LogP contribution >= 0.6 is 0 Å². The zero-order valence-electron chi connectivity index (χ0n) is 8.76. The maximum Gasteiger partial charge on any atom is 0.333 e. The molecule has 80 valence electrons. The number of nitrogens with two attached hydrogens (primary N) is 1. The molecular formula is C11H15N3O. The first-order valence-electron chi connectivity index (χ1n) is 5.08. The summed E-state index contributed by atoms with van der Waals surface area (Å²) >= 11 is 0. The third kappa shape index (κ3) is 1.88. The number of hydrogen-bond donors (Lipinski definition) is 1. The van der Waals surface area contributed by atoms with Crippen molar-refractivity contribution in [3.8, 4) is 0 Å². The van der Waals surface area contributed by atoms with Crippen LogP contribution in [0.2, 0.25) is 0 Å².